The quantitative estimate of drug-likeness (QED) is 0.163. The number of aryl methyl sites for hydroxylation is 2. The van der Waals surface area contributed by atoms with Crippen LogP contribution in [0, 0.1) is 5.82 Å². The molecule has 0 fully saturated rings. The van der Waals surface area contributed by atoms with Crippen molar-refractivity contribution in [2.75, 3.05) is 11.4 Å². The van der Waals surface area contributed by atoms with E-state index >= 15 is 4.39 Å². The van der Waals surface area contributed by atoms with Crippen molar-refractivity contribution in [2.45, 2.75) is 51.0 Å². The van der Waals surface area contributed by atoms with Crippen molar-refractivity contribution in [2.24, 2.45) is 5.14 Å². The number of hydrogen-bond donors (Lipinski definition) is 1. The predicted octanol–water partition coefficient (Wildman–Crippen LogP) is 5.61. The smallest absolute Gasteiger partial charge is 0.259 e. The molecule has 47 heavy (non-hydrogen) atoms. The number of carbonyl (C=O) groups is 2. The molecule has 1 amide bonds. The Morgan fingerprint density at radius 1 is 0.957 bits per heavy atom. The summed E-state index contributed by atoms with van der Waals surface area (Å²) in [5.74, 6) is -0.458. The Morgan fingerprint density at radius 2 is 1.70 bits per heavy atom. The van der Waals surface area contributed by atoms with E-state index in [2.05, 4.69) is 9.97 Å². The number of nitrogens with two attached hydrogens (primary N) is 1. The van der Waals surface area contributed by atoms with Crippen LogP contribution >= 0.6 is 0 Å². The van der Waals surface area contributed by atoms with E-state index in [0.717, 1.165) is 6.42 Å². The second-order valence-electron chi connectivity index (χ2n) is 10.9. The summed E-state index contributed by atoms with van der Waals surface area (Å²) in [4.78, 5) is 41.9. The molecule has 3 heterocycles. The highest BCUT2D eigenvalue weighted by Crippen LogP contribution is 2.29. The van der Waals surface area contributed by atoms with Gasteiger partial charge in [-0.05, 0) is 54.8 Å². The fourth-order valence-electron chi connectivity index (χ4n) is 5.50. The maximum absolute atomic E-state index is 15.7. The Hall–Kier alpha value is -5.07. The second-order valence-corrected chi connectivity index (χ2v) is 12.5. The third-order valence-electron chi connectivity index (χ3n) is 7.75. The number of nitrogens with zero attached hydrogens (tertiary/aromatic N) is 5. The minimum Gasteiger partial charge on any atom is -0.321 e. The highest BCUT2D eigenvalue weighted by Gasteiger charge is 2.26. The number of ketones is 1. The number of rotatable bonds is 13. The average molecular weight is 655 g/mol. The number of sulfonamides is 1. The van der Waals surface area contributed by atoms with Crippen LogP contribution in [0.25, 0.3) is 11.1 Å². The molecular formula is C35H35FN6O4S. The molecule has 2 N–H and O–H groups in total. The molecule has 0 aliphatic carbocycles. The third kappa shape index (κ3) is 7.50. The molecule has 12 heteroatoms. The van der Waals surface area contributed by atoms with Crippen LogP contribution in [0.3, 0.4) is 0 Å². The molecule has 0 spiro atoms. The van der Waals surface area contributed by atoms with Gasteiger partial charge in [0.2, 0.25) is 10.0 Å². The van der Waals surface area contributed by atoms with E-state index in [0.29, 0.717) is 52.4 Å². The molecule has 10 nitrogen and oxygen atoms in total. The van der Waals surface area contributed by atoms with E-state index in [-0.39, 0.29) is 41.7 Å². The summed E-state index contributed by atoms with van der Waals surface area (Å²) in [5.41, 5.74) is 2.84. The minimum absolute atomic E-state index is 0.0169. The molecule has 0 radical (unpaired) electrons. The van der Waals surface area contributed by atoms with Gasteiger partial charge in [-0.2, -0.15) is 0 Å². The van der Waals surface area contributed by atoms with E-state index in [9.17, 15) is 18.0 Å². The van der Waals surface area contributed by atoms with E-state index < -0.39 is 15.8 Å². The molecule has 0 unspecified atom stereocenters. The van der Waals surface area contributed by atoms with E-state index in [1.54, 1.807) is 77.8 Å². The number of Topliss-reactive ketones (excluding diaryl/α,β-unsaturated/α-hetero) is 1. The van der Waals surface area contributed by atoms with Crippen molar-refractivity contribution in [3.05, 3.63) is 126 Å². The molecule has 0 atom stereocenters. The van der Waals surface area contributed by atoms with Crippen molar-refractivity contribution < 1.29 is 22.4 Å². The Balaban J connectivity index is 1.47. The molecule has 242 valence electrons. The van der Waals surface area contributed by atoms with Gasteiger partial charge in [-0.25, -0.2) is 22.9 Å². The lowest BCUT2D eigenvalue weighted by Crippen LogP contribution is -2.33. The summed E-state index contributed by atoms with van der Waals surface area (Å²) in [6.45, 7) is 4.02. The van der Waals surface area contributed by atoms with Gasteiger partial charge >= 0.3 is 0 Å². The molecule has 0 aliphatic rings. The highest BCUT2D eigenvalue weighted by molar-refractivity contribution is 7.89. The van der Waals surface area contributed by atoms with Crippen LogP contribution in [0.4, 0.5) is 10.1 Å². The van der Waals surface area contributed by atoms with Crippen LogP contribution < -0.4 is 10.0 Å². The van der Waals surface area contributed by atoms with Crippen LogP contribution in [0.2, 0.25) is 0 Å². The normalized spacial score (nSPS) is 11.4. The van der Waals surface area contributed by atoms with Gasteiger partial charge < -0.3 is 9.47 Å². The first-order valence-corrected chi connectivity index (χ1v) is 16.8. The van der Waals surface area contributed by atoms with Crippen LogP contribution in [0.1, 0.15) is 64.6 Å². The maximum Gasteiger partial charge on any atom is 0.259 e. The monoisotopic (exact) mass is 654 g/mol. The Bertz CT molecular complexity index is 2000. The average Bonchev–Trinajstić information content (AvgIpc) is 3.43. The van der Waals surface area contributed by atoms with Gasteiger partial charge in [0.1, 0.15) is 17.3 Å². The lowest BCUT2D eigenvalue weighted by molar-refractivity contribution is 0.0961. The van der Waals surface area contributed by atoms with Crippen LogP contribution in [0.5, 0.6) is 0 Å². The number of carbonyl (C=O) groups excluding carboxylic acids is 2. The first-order chi connectivity index (χ1) is 22.6. The fraction of sp³-hybridized carbons (Fsp3) is 0.229. The molecule has 3 aromatic heterocycles. The van der Waals surface area contributed by atoms with E-state index in [1.807, 2.05) is 13.8 Å². The number of hydrogen-bond acceptors (Lipinski definition) is 7. The number of pyridine rings is 2. The van der Waals surface area contributed by atoms with Crippen molar-refractivity contribution in [1.29, 1.82) is 0 Å². The number of anilines is 1. The largest absolute Gasteiger partial charge is 0.321 e. The molecular weight excluding hydrogens is 619 g/mol. The van der Waals surface area contributed by atoms with Gasteiger partial charge in [0, 0.05) is 49.1 Å². The molecule has 2 aromatic carbocycles. The summed E-state index contributed by atoms with van der Waals surface area (Å²) in [7, 11) is -4.03. The lowest BCUT2D eigenvalue weighted by Gasteiger charge is -2.22. The summed E-state index contributed by atoms with van der Waals surface area (Å²) in [5, 5.41) is 5.40. The highest BCUT2D eigenvalue weighted by atomic mass is 32.2. The Labute approximate surface area is 273 Å². The van der Waals surface area contributed by atoms with Gasteiger partial charge in [0.15, 0.2) is 5.78 Å². The standard InChI is InChI=1S/C35H35FN6O4S/c1-3-9-33-40-30(4-2)34(31(43)16-19-41(27-11-8-18-39-22-27)35(44)25-10-7-17-38-21-25)42(33)23-26-15-14-24(20-29(26)36)28-12-5-6-13-32(28)47(37,45)46/h5-8,10-15,17-18,20-22H,3-4,9,16,19,23H2,1-2H3,(H2,37,45,46). The topological polar surface area (TPSA) is 141 Å². The molecule has 0 saturated carbocycles. The molecule has 0 saturated heterocycles. The Kier molecular flexibility index (Phi) is 10.3. The van der Waals surface area contributed by atoms with Crippen molar-refractivity contribution >= 4 is 27.4 Å². The van der Waals surface area contributed by atoms with Gasteiger partial charge in [-0.15, -0.1) is 0 Å². The SMILES string of the molecule is CCCc1nc(CC)c(C(=O)CCN(C(=O)c2cccnc2)c2cccnc2)n1Cc1ccc(-c2ccccc2S(N)(=O)=O)cc1F. The van der Waals surface area contributed by atoms with Crippen LogP contribution in [-0.2, 0) is 29.4 Å². The van der Waals surface area contributed by atoms with Crippen molar-refractivity contribution in [3.63, 3.8) is 0 Å². The number of halogens is 1. The van der Waals surface area contributed by atoms with Gasteiger partial charge in [-0.1, -0.05) is 44.2 Å². The van der Waals surface area contributed by atoms with Gasteiger partial charge in [-0.3, -0.25) is 19.6 Å². The number of benzene rings is 2. The van der Waals surface area contributed by atoms with E-state index in [1.165, 1.54) is 23.2 Å². The molecule has 5 rings (SSSR count). The Morgan fingerprint density at radius 3 is 2.34 bits per heavy atom. The number of primary sulfonamides is 1. The lowest BCUT2D eigenvalue weighted by atomic mass is 10.0. The zero-order valence-electron chi connectivity index (χ0n) is 26.1. The number of aromatic nitrogens is 4. The zero-order chi connectivity index (χ0) is 33.6. The zero-order valence-corrected chi connectivity index (χ0v) is 27.0. The summed E-state index contributed by atoms with van der Waals surface area (Å²) in [6, 6.07) is 17.4. The first-order valence-electron chi connectivity index (χ1n) is 15.3. The fourth-order valence-corrected chi connectivity index (χ4v) is 6.26. The number of amides is 1. The number of imidazole rings is 1. The molecule has 5 aromatic rings. The van der Waals surface area contributed by atoms with Crippen molar-refractivity contribution in [1.82, 2.24) is 19.5 Å². The molecule has 0 aliphatic heterocycles. The summed E-state index contributed by atoms with van der Waals surface area (Å²) in [6.07, 6.45) is 8.02. The van der Waals surface area contributed by atoms with Gasteiger partial charge in [0.05, 0.1) is 34.6 Å². The maximum atomic E-state index is 15.7. The summed E-state index contributed by atoms with van der Waals surface area (Å²) < 4.78 is 41.8. The summed E-state index contributed by atoms with van der Waals surface area (Å²) >= 11 is 0. The second kappa shape index (κ2) is 14.6. The van der Waals surface area contributed by atoms with Crippen LogP contribution in [-0.4, -0.2) is 46.2 Å². The van der Waals surface area contributed by atoms with E-state index in [4.69, 9.17) is 10.1 Å². The predicted molar refractivity (Wildman–Crippen MR) is 177 cm³/mol. The molecule has 0 bridgehead atoms. The van der Waals surface area contributed by atoms with Gasteiger partial charge in [0.25, 0.3) is 5.91 Å². The first kappa shape index (κ1) is 33.3. The van der Waals surface area contributed by atoms with Crippen molar-refractivity contribution in [3.8, 4) is 11.1 Å². The third-order valence-corrected chi connectivity index (χ3v) is 8.72. The van der Waals surface area contributed by atoms with Crippen LogP contribution in [0.15, 0.2) is 96.4 Å². The minimum atomic E-state index is -4.03.